The van der Waals surface area contributed by atoms with E-state index in [-0.39, 0.29) is 12.5 Å². The van der Waals surface area contributed by atoms with Crippen molar-refractivity contribution >= 4 is 29.0 Å². The average molecular weight is 321 g/mol. The van der Waals surface area contributed by atoms with Crippen LogP contribution in [-0.2, 0) is 10.4 Å². The van der Waals surface area contributed by atoms with Gasteiger partial charge in [-0.15, -0.1) is 23.1 Å². The Balaban J connectivity index is 1.78. The lowest BCUT2D eigenvalue weighted by Gasteiger charge is -2.22. The first-order chi connectivity index (χ1) is 9.97. The van der Waals surface area contributed by atoms with Crippen LogP contribution < -0.4 is 5.32 Å². The maximum absolute atomic E-state index is 11.9. The number of amides is 1. The molecule has 0 aliphatic rings. The van der Waals surface area contributed by atoms with Gasteiger partial charge in [0.1, 0.15) is 5.60 Å². The largest absolute Gasteiger partial charge is 0.383 e. The highest BCUT2D eigenvalue weighted by molar-refractivity contribution is 8.00. The number of rotatable bonds is 6. The maximum atomic E-state index is 11.9. The molecule has 0 saturated heterocycles. The SMILES string of the molecule is Cc1ccc(SCC(=O)NCC(C)(O)c2cccs2)cc1. The second-order valence-corrected chi connectivity index (χ2v) is 7.13. The molecule has 1 aromatic heterocycles. The topological polar surface area (TPSA) is 49.3 Å². The molecule has 0 spiro atoms. The zero-order valence-corrected chi connectivity index (χ0v) is 13.8. The van der Waals surface area contributed by atoms with E-state index in [2.05, 4.69) is 5.32 Å². The van der Waals surface area contributed by atoms with Gasteiger partial charge in [0.15, 0.2) is 0 Å². The van der Waals surface area contributed by atoms with Gasteiger partial charge in [0.25, 0.3) is 0 Å². The van der Waals surface area contributed by atoms with Crippen molar-refractivity contribution in [3.8, 4) is 0 Å². The van der Waals surface area contributed by atoms with Gasteiger partial charge in [-0.25, -0.2) is 0 Å². The van der Waals surface area contributed by atoms with Crippen LogP contribution in [0.3, 0.4) is 0 Å². The van der Waals surface area contributed by atoms with Crippen molar-refractivity contribution in [2.45, 2.75) is 24.3 Å². The van der Waals surface area contributed by atoms with E-state index < -0.39 is 5.60 Å². The number of carbonyl (C=O) groups excluding carboxylic acids is 1. The molecule has 1 heterocycles. The highest BCUT2D eigenvalue weighted by atomic mass is 32.2. The number of carbonyl (C=O) groups is 1. The molecule has 0 bridgehead atoms. The van der Waals surface area contributed by atoms with E-state index in [0.717, 1.165) is 9.77 Å². The van der Waals surface area contributed by atoms with E-state index >= 15 is 0 Å². The first kappa shape index (κ1) is 16.1. The molecule has 1 aromatic carbocycles. The van der Waals surface area contributed by atoms with Crippen molar-refractivity contribution in [2.24, 2.45) is 0 Å². The summed E-state index contributed by atoms with van der Waals surface area (Å²) in [6.45, 7) is 3.97. The molecule has 1 unspecified atom stereocenters. The van der Waals surface area contributed by atoms with Crippen molar-refractivity contribution in [2.75, 3.05) is 12.3 Å². The van der Waals surface area contributed by atoms with Gasteiger partial charge in [0.05, 0.1) is 12.3 Å². The Morgan fingerprint density at radius 3 is 2.67 bits per heavy atom. The molecule has 2 rings (SSSR count). The van der Waals surface area contributed by atoms with Crippen LogP contribution in [0.25, 0.3) is 0 Å². The Bertz CT molecular complexity index is 577. The number of benzene rings is 1. The van der Waals surface area contributed by atoms with Crippen molar-refractivity contribution in [1.29, 1.82) is 0 Å². The summed E-state index contributed by atoms with van der Waals surface area (Å²) in [6.07, 6.45) is 0. The molecular formula is C16H19NO2S2. The molecule has 21 heavy (non-hydrogen) atoms. The number of thiophene rings is 1. The van der Waals surface area contributed by atoms with Crippen LogP contribution in [0.1, 0.15) is 17.4 Å². The smallest absolute Gasteiger partial charge is 0.230 e. The molecule has 0 saturated carbocycles. The molecule has 1 atom stereocenters. The quantitative estimate of drug-likeness (QED) is 0.804. The van der Waals surface area contributed by atoms with Crippen molar-refractivity contribution in [1.82, 2.24) is 5.32 Å². The molecule has 3 nitrogen and oxygen atoms in total. The minimum atomic E-state index is -1.02. The van der Waals surface area contributed by atoms with Crippen LogP contribution in [0.2, 0.25) is 0 Å². The third-order valence-corrected chi connectivity index (χ3v) is 5.21. The molecule has 0 fully saturated rings. The first-order valence-electron chi connectivity index (χ1n) is 6.70. The Morgan fingerprint density at radius 2 is 2.05 bits per heavy atom. The lowest BCUT2D eigenvalue weighted by molar-refractivity contribution is -0.119. The number of aliphatic hydroxyl groups is 1. The van der Waals surface area contributed by atoms with Crippen molar-refractivity contribution in [3.05, 3.63) is 52.2 Å². The van der Waals surface area contributed by atoms with Gasteiger partial charge in [-0.3, -0.25) is 4.79 Å². The molecular weight excluding hydrogens is 302 g/mol. The van der Waals surface area contributed by atoms with E-state index in [9.17, 15) is 9.90 Å². The zero-order valence-electron chi connectivity index (χ0n) is 12.1. The lowest BCUT2D eigenvalue weighted by atomic mass is 10.1. The minimum Gasteiger partial charge on any atom is -0.383 e. The predicted molar refractivity (Wildman–Crippen MR) is 88.8 cm³/mol. The predicted octanol–water partition coefficient (Wildman–Crippen LogP) is 3.17. The molecule has 1 amide bonds. The number of nitrogens with one attached hydrogen (secondary N) is 1. The number of hydrogen-bond acceptors (Lipinski definition) is 4. The molecule has 0 radical (unpaired) electrons. The highest BCUT2D eigenvalue weighted by Gasteiger charge is 2.24. The van der Waals surface area contributed by atoms with Crippen LogP contribution in [0, 0.1) is 6.92 Å². The number of thioether (sulfide) groups is 1. The Labute approximate surface area is 133 Å². The second kappa shape index (κ2) is 7.11. The average Bonchev–Trinajstić information content (AvgIpc) is 3.00. The number of hydrogen-bond donors (Lipinski definition) is 2. The molecule has 0 aliphatic carbocycles. The van der Waals surface area contributed by atoms with Gasteiger partial charge in [0, 0.05) is 9.77 Å². The van der Waals surface area contributed by atoms with Crippen molar-refractivity contribution < 1.29 is 9.90 Å². The second-order valence-electron chi connectivity index (χ2n) is 5.13. The summed E-state index contributed by atoms with van der Waals surface area (Å²) < 4.78 is 0. The fourth-order valence-corrected chi connectivity index (χ4v) is 3.29. The fourth-order valence-electron chi connectivity index (χ4n) is 1.78. The van der Waals surface area contributed by atoms with E-state index in [0.29, 0.717) is 5.75 Å². The molecule has 112 valence electrons. The Kier molecular flexibility index (Phi) is 5.45. The first-order valence-corrected chi connectivity index (χ1v) is 8.56. The van der Waals surface area contributed by atoms with Gasteiger partial charge in [0.2, 0.25) is 5.91 Å². The van der Waals surface area contributed by atoms with Crippen LogP contribution in [-0.4, -0.2) is 23.3 Å². The van der Waals surface area contributed by atoms with Crippen LogP contribution in [0.4, 0.5) is 0 Å². The van der Waals surface area contributed by atoms with Crippen molar-refractivity contribution in [3.63, 3.8) is 0 Å². The van der Waals surface area contributed by atoms with Crippen LogP contribution in [0.5, 0.6) is 0 Å². The van der Waals surface area contributed by atoms with E-state index in [1.807, 2.05) is 48.7 Å². The summed E-state index contributed by atoms with van der Waals surface area (Å²) in [6, 6.07) is 11.8. The summed E-state index contributed by atoms with van der Waals surface area (Å²) in [5.74, 6) is 0.279. The van der Waals surface area contributed by atoms with Crippen LogP contribution in [0.15, 0.2) is 46.7 Å². The van der Waals surface area contributed by atoms with Gasteiger partial charge >= 0.3 is 0 Å². The van der Waals surface area contributed by atoms with Gasteiger partial charge in [-0.2, -0.15) is 0 Å². The summed E-state index contributed by atoms with van der Waals surface area (Å²) in [5, 5.41) is 15.0. The Morgan fingerprint density at radius 1 is 1.33 bits per heavy atom. The highest BCUT2D eigenvalue weighted by Crippen LogP contribution is 2.24. The number of aryl methyl sites for hydroxylation is 1. The summed E-state index contributed by atoms with van der Waals surface area (Å²) in [5.41, 5.74) is 0.189. The maximum Gasteiger partial charge on any atom is 0.230 e. The van der Waals surface area contributed by atoms with E-state index in [1.165, 1.54) is 28.7 Å². The monoisotopic (exact) mass is 321 g/mol. The molecule has 5 heteroatoms. The standard InChI is InChI=1S/C16H19NO2S2/c1-12-5-7-13(8-6-12)21-10-15(18)17-11-16(2,19)14-4-3-9-20-14/h3-9,19H,10-11H2,1-2H3,(H,17,18). The summed E-state index contributed by atoms with van der Waals surface area (Å²) in [7, 11) is 0. The van der Waals surface area contributed by atoms with Crippen LogP contribution >= 0.6 is 23.1 Å². The molecule has 2 N–H and O–H groups in total. The zero-order chi connectivity index (χ0) is 15.3. The Hall–Kier alpha value is -1.30. The third kappa shape index (κ3) is 4.88. The molecule has 2 aromatic rings. The lowest BCUT2D eigenvalue weighted by Crippen LogP contribution is -2.38. The third-order valence-electron chi connectivity index (χ3n) is 3.07. The summed E-state index contributed by atoms with van der Waals surface area (Å²) >= 11 is 2.98. The van der Waals surface area contributed by atoms with Gasteiger partial charge in [-0.1, -0.05) is 23.8 Å². The normalized spacial score (nSPS) is 13.7. The van der Waals surface area contributed by atoms with E-state index in [1.54, 1.807) is 6.92 Å². The van der Waals surface area contributed by atoms with Gasteiger partial charge in [-0.05, 0) is 37.4 Å². The summed E-state index contributed by atoms with van der Waals surface area (Å²) in [4.78, 5) is 13.8. The van der Waals surface area contributed by atoms with Gasteiger partial charge < -0.3 is 10.4 Å². The fraction of sp³-hybridized carbons (Fsp3) is 0.312. The molecule has 0 aliphatic heterocycles. The van der Waals surface area contributed by atoms with E-state index in [4.69, 9.17) is 0 Å². The minimum absolute atomic E-state index is 0.0718.